The number of hydrogen-bond donors (Lipinski definition) is 1. The van der Waals surface area contributed by atoms with Gasteiger partial charge in [0.25, 0.3) is 5.78 Å². The Morgan fingerprint density at radius 1 is 1.19 bits per heavy atom. The van der Waals surface area contributed by atoms with E-state index in [1.807, 2.05) is 0 Å². The molecule has 0 saturated heterocycles. The zero-order valence-electron chi connectivity index (χ0n) is 12.0. The van der Waals surface area contributed by atoms with Crippen LogP contribution in [0.15, 0.2) is 12.1 Å². The molecule has 0 bridgehead atoms. The van der Waals surface area contributed by atoms with Gasteiger partial charge in [0, 0.05) is 0 Å². The third-order valence-corrected chi connectivity index (χ3v) is 3.82. The second-order valence-electron chi connectivity index (χ2n) is 4.75. The van der Waals surface area contributed by atoms with Crippen LogP contribution in [0, 0.1) is 11.3 Å². The standard InChI is InChI=1S/C13H4Cl3F5N4O/c14-5-1-4(13(19,20)21)2-6(15)9(5)25-11(23)8(7(3-22)24-25)10(26)12(16,17)18/h1-2H,23H2. The van der Waals surface area contributed by atoms with E-state index in [-0.39, 0.29) is 0 Å². The van der Waals surface area contributed by atoms with Gasteiger partial charge in [0.05, 0.1) is 15.6 Å². The Bertz CT molecular complexity index is 920. The zero-order valence-corrected chi connectivity index (χ0v) is 14.3. The highest BCUT2D eigenvalue weighted by molar-refractivity contribution is 6.38. The Labute approximate surface area is 156 Å². The molecular formula is C13H4Cl3F5N4O. The van der Waals surface area contributed by atoms with Gasteiger partial charge in [0.1, 0.15) is 23.1 Å². The van der Waals surface area contributed by atoms with Gasteiger partial charge in [-0.2, -0.15) is 32.3 Å². The number of rotatable bonds is 3. The fourth-order valence-corrected chi connectivity index (χ4v) is 2.72. The number of benzene rings is 1. The Morgan fingerprint density at radius 3 is 2.08 bits per heavy atom. The van der Waals surface area contributed by atoms with Gasteiger partial charge in [0.15, 0.2) is 5.69 Å². The molecule has 0 radical (unpaired) electrons. The number of alkyl halides is 6. The maximum absolute atomic E-state index is 13.1. The van der Waals surface area contributed by atoms with Crippen LogP contribution in [-0.2, 0) is 6.18 Å². The van der Waals surface area contributed by atoms with E-state index in [2.05, 4.69) is 16.7 Å². The summed E-state index contributed by atoms with van der Waals surface area (Å²) in [5.74, 6) is -2.81. The second-order valence-corrected chi connectivity index (χ2v) is 6.03. The van der Waals surface area contributed by atoms with Crippen LogP contribution in [0.2, 0.25) is 10.0 Å². The summed E-state index contributed by atoms with van der Waals surface area (Å²) in [5.41, 5.74) is 2.09. The molecule has 0 fully saturated rings. The highest BCUT2D eigenvalue weighted by Crippen LogP contribution is 2.39. The lowest BCUT2D eigenvalue weighted by molar-refractivity contribution is -0.137. The number of nitrogens with two attached hydrogens (primary N) is 1. The van der Waals surface area contributed by atoms with Gasteiger partial charge in [-0.1, -0.05) is 23.2 Å². The number of carbonyl (C=O) groups is 1. The molecule has 0 amide bonds. The molecule has 1 heterocycles. The van der Waals surface area contributed by atoms with Crippen molar-refractivity contribution in [2.75, 3.05) is 5.73 Å². The fourth-order valence-electron chi connectivity index (χ4n) is 1.98. The molecule has 0 unspecified atom stereocenters. The number of ketones is 1. The van der Waals surface area contributed by atoms with Crippen LogP contribution < -0.4 is 5.73 Å². The molecule has 0 aliphatic carbocycles. The van der Waals surface area contributed by atoms with Gasteiger partial charge in [-0.3, -0.25) is 4.79 Å². The minimum absolute atomic E-state index is 0.438. The van der Waals surface area contributed by atoms with E-state index in [4.69, 9.17) is 34.2 Å². The monoisotopic (exact) mass is 432 g/mol. The molecule has 0 saturated carbocycles. The number of nitriles is 1. The third-order valence-electron chi connectivity index (χ3n) is 3.07. The quantitative estimate of drug-likeness (QED) is 0.433. The molecule has 0 spiro atoms. The smallest absolute Gasteiger partial charge is 0.383 e. The summed E-state index contributed by atoms with van der Waals surface area (Å²) in [6, 6.07) is 2.35. The van der Waals surface area contributed by atoms with Crippen molar-refractivity contribution in [2.24, 2.45) is 0 Å². The summed E-state index contributed by atoms with van der Waals surface area (Å²) in [4.78, 5) is 11.7. The first kappa shape index (κ1) is 20.2. The Balaban J connectivity index is 2.75. The van der Waals surface area contributed by atoms with E-state index in [1.54, 1.807) is 0 Å². The molecule has 1 aromatic heterocycles. The van der Waals surface area contributed by atoms with Gasteiger partial charge in [-0.15, -0.1) is 0 Å². The van der Waals surface area contributed by atoms with E-state index in [9.17, 15) is 26.7 Å². The van der Waals surface area contributed by atoms with Gasteiger partial charge >= 0.3 is 11.6 Å². The summed E-state index contributed by atoms with van der Waals surface area (Å²) in [6.07, 6.45) is -4.76. The number of hydrogen-bond acceptors (Lipinski definition) is 4. The van der Waals surface area contributed by atoms with Crippen LogP contribution in [0.25, 0.3) is 5.69 Å². The zero-order chi connectivity index (χ0) is 20.0. The normalized spacial score (nSPS) is 12.1. The van der Waals surface area contributed by atoms with E-state index in [0.717, 1.165) is 0 Å². The average molecular weight is 434 g/mol. The summed E-state index contributed by atoms with van der Waals surface area (Å²) >= 11 is 16.2. The third kappa shape index (κ3) is 3.56. The van der Waals surface area contributed by atoms with Crippen LogP contribution in [0.1, 0.15) is 21.6 Å². The van der Waals surface area contributed by atoms with Crippen LogP contribution in [0.4, 0.5) is 27.8 Å². The SMILES string of the molecule is N#Cc1nn(-c2c(Cl)cc(C(F)(F)F)cc2Cl)c(N)c1C(=O)C(F)(F)Cl. The Hall–Kier alpha value is -2.09. The van der Waals surface area contributed by atoms with Crippen molar-refractivity contribution in [1.29, 1.82) is 5.26 Å². The maximum atomic E-state index is 13.1. The number of nitrogens with zero attached hydrogens (tertiary/aromatic N) is 3. The fraction of sp³-hybridized carbons (Fsp3) is 0.154. The molecule has 1 aromatic carbocycles. The van der Waals surface area contributed by atoms with Gasteiger partial charge < -0.3 is 5.73 Å². The first-order valence-corrected chi connectivity index (χ1v) is 7.39. The number of halogens is 8. The number of aromatic nitrogens is 2. The van der Waals surface area contributed by atoms with Crippen LogP contribution >= 0.6 is 34.8 Å². The van der Waals surface area contributed by atoms with Gasteiger partial charge in [-0.05, 0) is 23.7 Å². The molecule has 2 aromatic rings. The van der Waals surface area contributed by atoms with Crippen LogP contribution in [-0.4, -0.2) is 20.9 Å². The first-order chi connectivity index (χ1) is 11.8. The highest BCUT2D eigenvalue weighted by atomic mass is 35.5. The summed E-state index contributed by atoms with van der Waals surface area (Å²) in [7, 11) is 0. The predicted molar refractivity (Wildman–Crippen MR) is 82.8 cm³/mol. The minimum Gasteiger partial charge on any atom is -0.383 e. The number of Topliss-reactive ketones (excluding diaryl/α,β-unsaturated/α-hetero) is 1. The number of carbonyl (C=O) groups excluding carboxylic acids is 1. The minimum atomic E-state index is -4.76. The van der Waals surface area contributed by atoms with E-state index >= 15 is 0 Å². The largest absolute Gasteiger partial charge is 0.416 e. The van der Waals surface area contributed by atoms with E-state index < -0.39 is 55.7 Å². The van der Waals surface area contributed by atoms with Crippen molar-refractivity contribution in [3.63, 3.8) is 0 Å². The molecule has 0 aliphatic rings. The summed E-state index contributed by atoms with van der Waals surface area (Å²) in [5, 5.41) is 6.90. The topological polar surface area (TPSA) is 84.7 Å². The van der Waals surface area contributed by atoms with Crippen molar-refractivity contribution in [3.05, 3.63) is 39.0 Å². The average Bonchev–Trinajstić information content (AvgIpc) is 2.80. The van der Waals surface area contributed by atoms with Crippen molar-refractivity contribution >= 4 is 46.4 Å². The van der Waals surface area contributed by atoms with Crippen LogP contribution in [0.3, 0.4) is 0 Å². The van der Waals surface area contributed by atoms with Crippen molar-refractivity contribution < 1.29 is 26.7 Å². The second kappa shape index (κ2) is 6.57. The molecule has 5 nitrogen and oxygen atoms in total. The molecule has 13 heteroatoms. The van der Waals surface area contributed by atoms with Crippen LogP contribution in [0.5, 0.6) is 0 Å². The Morgan fingerprint density at radius 2 is 1.69 bits per heavy atom. The van der Waals surface area contributed by atoms with Gasteiger partial charge in [0.2, 0.25) is 0 Å². The lowest BCUT2D eigenvalue weighted by Gasteiger charge is -2.13. The number of nitrogen functional groups attached to an aromatic ring is 1. The van der Waals surface area contributed by atoms with E-state index in [0.29, 0.717) is 16.8 Å². The van der Waals surface area contributed by atoms with Crippen molar-refractivity contribution in [2.45, 2.75) is 11.6 Å². The van der Waals surface area contributed by atoms with Crippen molar-refractivity contribution in [3.8, 4) is 11.8 Å². The van der Waals surface area contributed by atoms with Gasteiger partial charge in [-0.25, -0.2) is 4.68 Å². The lowest BCUT2D eigenvalue weighted by Crippen LogP contribution is -2.23. The molecule has 26 heavy (non-hydrogen) atoms. The highest BCUT2D eigenvalue weighted by Gasteiger charge is 2.41. The molecule has 0 atom stereocenters. The molecule has 0 aliphatic heterocycles. The maximum Gasteiger partial charge on any atom is 0.416 e. The molecular weight excluding hydrogens is 430 g/mol. The molecule has 2 N–H and O–H groups in total. The Kier molecular flexibility index (Phi) is 5.11. The molecule has 138 valence electrons. The van der Waals surface area contributed by atoms with Crippen molar-refractivity contribution in [1.82, 2.24) is 9.78 Å². The molecule has 2 rings (SSSR count). The first-order valence-electron chi connectivity index (χ1n) is 6.25. The van der Waals surface area contributed by atoms with E-state index in [1.165, 1.54) is 6.07 Å². The predicted octanol–water partition coefficient (Wildman–Crippen LogP) is 4.67. The summed E-state index contributed by atoms with van der Waals surface area (Å²) in [6.45, 7) is 0. The lowest BCUT2D eigenvalue weighted by atomic mass is 10.1. The summed E-state index contributed by atoms with van der Waals surface area (Å²) < 4.78 is 65.0. The number of anilines is 1.